The van der Waals surface area contributed by atoms with Crippen molar-refractivity contribution in [1.29, 1.82) is 0 Å². The first-order valence-electron chi connectivity index (χ1n) is 5.15. The summed E-state index contributed by atoms with van der Waals surface area (Å²) in [4.78, 5) is 6.20. The fourth-order valence-corrected chi connectivity index (χ4v) is 2.42. The monoisotopic (exact) mass is 238 g/mol. The smallest absolute Gasteiger partial charge is 0.133 e. The zero-order valence-electron chi connectivity index (χ0n) is 8.47. The van der Waals surface area contributed by atoms with Gasteiger partial charge in [-0.15, -0.1) is 12.6 Å². The summed E-state index contributed by atoms with van der Waals surface area (Å²) in [6.45, 7) is 2.05. The van der Waals surface area contributed by atoms with E-state index in [9.17, 15) is 0 Å². The van der Waals surface area contributed by atoms with E-state index in [0.29, 0.717) is 5.92 Å². The molecule has 0 N–H and O–H groups in total. The molecule has 0 spiro atoms. The molecule has 0 aliphatic carbocycles. The predicted molar refractivity (Wildman–Crippen MR) is 69.4 cm³/mol. The fourth-order valence-electron chi connectivity index (χ4n) is 2.04. The standard InChI is InChI=1S/C11H14N2S2/c14-11(15)13-7-3-10(4-8-13)9-1-5-12-6-2-9/h1-2,5-6,10H,3-4,7-8H2,(H,14,15). The first kappa shape index (κ1) is 10.9. The van der Waals surface area contributed by atoms with E-state index < -0.39 is 0 Å². The summed E-state index contributed by atoms with van der Waals surface area (Å²) in [5.41, 5.74) is 1.40. The van der Waals surface area contributed by atoms with Gasteiger partial charge in [-0.1, -0.05) is 12.2 Å². The fraction of sp³-hybridized carbons (Fsp3) is 0.455. The maximum atomic E-state index is 5.05. The zero-order valence-corrected chi connectivity index (χ0v) is 10.2. The van der Waals surface area contributed by atoms with Crippen LogP contribution in [0.3, 0.4) is 0 Å². The molecule has 1 aromatic heterocycles. The van der Waals surface area contributed by atoms with Crippen molar-refractivity contribution in [3.8, 4) is 0 Å². The number of thiocarbonyl (C=S) groups is 1. The number of rotatable bonds is 1. The number of nitrogens with zero attached hydrogens (tertiary/aromatic N) is 2. The van der Waals surface area contributed by atoms with Gasteiger partial charge in [-0.05, 0) is 36.5 Å². The molecule has 1 aliphatic heterocycles. The lowest BCUT2D eigenvalue weighted by atomic mass is 9.90. The summed E-state index contributed by atoms with van der Waals surface area (Å²) in [5, 5.41) is 0. The normalized spacial score (nSPS) is 17.8. The second kappa shape index (κ2) is 4.94. The van der Waals surface area contributed by atoms with E-state index >= 15 is 0 Å². The van der Waals surface area contributed by atoms with Crippen molar-refractivity contribution in [3.63, 3.8) is 0 Å². The number of hydrogen-bond acceptors (Lipinski definition) is 2. The van der Waals surface area contributed by atoms with E-state index in [1.807, 2.05) is 12.4 Å². The van der Waals surface area contributed by atoms with Gasteiger partial charge in [-0.2, -0.15) is 0 Å². The molecule has 2 rings (SSSR count). The van der Waals surface area contributed by atoms with E-state index in [0.717, 1.165) is 30.3 Å². The summed E-state index contributed by atoms with van der Waals surface area (Å²) in [6.07, 6.45) is 6.05. The van der Waals surface area contributed by atoms with Gasteiger partial charge < -0.3 is 4.90 Å². The molecule has 0 aromatic carbocycles. The Balaban J connectivity index is 1.97. The third kappa shape index (κ3) is 2.69. The zero-order chi connectivity index (χ0) is 10.7. The highest BCUT2D eigenvalue weighted by Gasteiger charge is 2.20. The lowest BCUT2D eigenvalue weighted by molar-refractivity contribution is 0.322. The minimum Gasteiger partial charge on any atom is -0.358 e. The van der Waals surface area contributed by atoms with Crippen LogP contribution in [0.2, 0.25) is 0 Å². The average molecular weight is 238 g/mol. The molecular weight excluding hydrogens is 224 g/mol. The third-order valence-electron chi connectivity index (χ3n) is 2.94. The van der Waals surface area contributed by atoms with Crippen LogP contribution in [-0.4, -0.2) is 27.3 Å². The van der Waals surface area contributed by atoms with E-state index in [1.54, 1.807) is 0 Å². The molecule has 15 heavy (non-hydrogen) atoms. The van der Waals surface area contributed by atoms with Crippen LogP contribution >= 0.6 is 24.8 Å². The topological polar surface area (TPSA) is 16.1 Å². The Morgan fingerprint density at radius 2 is 1.93 bits per heavy atom. The van der Waals surface area contributed by atoms with E-state index in [4.69, 9.17) is 12.2 Å². The second-order valence-electron chi connectivity index (χ2n) is 3.82. The molecular formula is C11H14N2S2. The Hall–Kier alpha value is -0.610. The molecule has 0 atom stereocenters. The summed E-state index contributed by atoms with van der Waals surface area (Å²) < 4.78 is 0.725. The average Bonchev–Trinajstić information content (AvgIpc) is 2.30. The van der Waals surface area contributed by atoms with Crippen LogP contribution in [0.15, 0.2) is 24.5 Å². The molecule has 0 unspecified atom stereocenters. The summed E-state index contributed by atoms with van der Waals surface area (Å²) in [6, 6.07) is 4.22. The van der Waals surface area contributed by atoms with Crippen LogP contribution in [0.4, 0.5) is 0 Å². The van der Waals surface area contributed by atoms with Crippen LogP contribution in [0.25, 0.3) is 0 Å². The highest BCUT2D eigenvalue weighted by atomic mass is 32.1. The van der Waals surface area contributed by atoms with Gasteiger partial charge in [0.25, 0.3) is 0 Å². The van der Waals surface area contributed by atoms with E-state index in [1.165, 1.54) is 5.56 Å². The molecule has 1 aromatic rings. The summed E-state index contributed by atoms with van der Waals surface area (Å²) in [7, 11) is 0. The Bertz CT molecular complexity index is 332. The number of likely N-dealkylation sites (tertiary alicyclic amines) is 1. The summed E-state index contributed by atoms with van der Waals surface area (Å²) in [5.74, 6) is 0.659. The van der Waals surface area contributed by atoms with Gasteiger partial charge >= 0.3 is 0 Å². The first-order chi connectivity index (χ1) is 7.27. The second-order valence-corrected chi connectivity index (χ2v) is 4.94. The minimum absolute atomic E-state index is 0.659. The van der Waals surface area contributed by atoms with Crippen LogP contribution in [0.5, 0.6) is 0 Å². The van der Waals surface area contributed by atoms with Gasteiger partial charge in [0.2, 0.25) is 0 Å². The van der Waals surface area contributed by atoms with E-state index in [2.05, 4.69) is 34.6 Å². The highest BCUT2D eigenvalue weighted by Crippen LogP contribution is 2.27. The molecule has 2 nitrogen and oxygen atoms in total. The van der Waals surface area contributed by atoms with Crippen molar-refractivity contribution in [2.75, 3.05) is 13.1 Å². The molecule has 4 heteroatoms. The first-order valence-corrected chi connectivity index (χ1v) is 6.00. The van der Waals surface area contributed by atoms with Crippen molar-refractivity contribution in [1.82, 2.24) is 9.88 Å². The Kier molecular flexibility index (Phi) is 3.59. The Morgan fingerprint density at radius 3 is 2.47 bits per heavy atom. The lowest BCUT2D eigenvalue weighted by Gasteiger charge is -2.32. The SMILES string of the molecule is S=C(S)N1CCC(c2ccncc2)CC1. The van der Waals surface area contributed by atoms with Crippen molar-refractivity contribution < 1.29 is 0 Å². The minimum atomic E-state index is 0.659. The van der Waals surface area contributed by atoms with Crippen LogP contribution < -0.4 is 0 Å². The molecule has 0 bridgehead atoms. The van der Waals surface area contributed by atoms with Gasteiger partial charge in [0.1, 0.15) is 4.32 Å². The van der Waals surface area contributed by atoms with Crippen molar-refractivity contribution >= 4 is 29.2 Å². The predicted octanol–water partition coefficient (Wildman–Crippen LogP) is 2.48. The van der Waals surface area contributed by atoms with Crippen molar-refractivity contribution in [2.45, 2.75) is 18.8 Å². The number of piperidine rings is 1. The van der Waals surface area contributed by atoms with Crippen molar-refractivity contribution in [2.24, 2.45) is 0 Å². The van der Waals surface area contributed by atoms with Crippen LogP contribution in [0.1, 0.15) is 24.3 Å². The lowest BCUT2D eigenvalue weighted by Crippen LogP contribution is -2.34. The molecule has 1 fully saturated rings. The Morgan fingerprint density at radius 1 is 1.33 bits per heavy atom. The van der Waals surface area contributed by atoms with Gasteiger partial charge in [0.15, 0.2) is 0 Å². The number of hydrogen-bond donors (Lipinski definition) is 1. The third-order valence-corrected chi connectivity index (χ3v) is 3.48. The van der Waals surface area contributed by atoms with Gasteiger partial charge in [-0.3, -0.25) is 4.98 Å². The van der Waals surface area contributed by atoms with Crippen LogP contribution in [0, 0.1) is 0 Å². The molecule has 2 heterocycles. The molecule has 0 saturated carbocycles. The molecule has 80 valence electrons. The van der Waals surface area contributed by atoms with E-state index in [-0.39, 0.29) is 0 Å². The number of pyridine rings is 1. The van der Waals surface area contributed by atoms with Gasteiger partial charge in [0.05, 0.1) is 0 Å². The van der Waals surface area contributed by atoms with Crippen LogP contribution in [-0.2, 0) is 0 Å². The molecule has 1 aliphatic rings. The maximum Gasteiger partial charge on any atom is 0.133 e. The Labute approximate surface area is 101 Å². The molecule has 0 amide bonds. The van der Waals surface area contributed by atoms with Crippen molar-refractivity contribution in [3.05, 3.63) is 30.1 Å². The quantitative estimate of drug-likeness (QED) is 0.598. The molecule has 0 radical (unpaired) electrons. The number of thiol groups is 1. The molecule has 1 saturated heterocycles. The van der Waals surface area contributed by atoms with Gasteiger partial charge in [0, 0.05) is 25.5 Å². The maximum absolute atomic E-state index is 5.05. The highest BCUT2D eigenvalue weighted by molar-refractivity contribution is 8.10. The number of aromatic nitrogens is 1. The largest absolute Gasteiger partial charge is 0.358 e. The van der Waals surface area contributed by atoms with Gasteiger partial charge in [-0.25, -0.2) is 0 Å². The summed E-state index contributed by atoms with van der Waals surface area (Å²) >= 11 is 9.26.